The van der Waals surface area contributed by atoms with Crippen LogP contribution in [0.4, 0.5) is 29.7 Å². The van der Waals surface area contributed by atoms with Crippen molar-refractivity contribution in [3.05, 3.63) is 23.8 Å². The Labute approximate surface area is 142 Å². The summed E-state index contributed by atoms with van der Waals surface area (Å²) in [7, 11) is 2.89. The van der Waals surface area contributed by atoms with Crippen LogP contribution in [0.5, 0.6) is 0 Å². The van der Waals surface area contributed by atoms with Gasteiger partial charge in [-0.25, -0.2) is 18.4 Å². The number of nitrogens with one attached hydrogen (secondary N) is 1. The van der Waals surface area contributed by atoms with E-state index in [4.69, 9.17) is 14.2 Å². The van der Waals surface area contributed by atoms with E-state index in [1.165, 1.54) is 19.1 Å². The Morgan fingerprint density at radius 1 is 1.28 bits per heavy atom. The van der Waals surface area contributed by atoms with Gasteiger partial charge in [0.2, 0.25) is 0 Å². The molecule has 3 rings (SSSR count). The Bertz CT molecular complexity index is 673. The predicted molar refractivity (Wildman–Crippen MR) is 82.5 cm³/mol. The number of cyclic esters (lactones) is 1. The van der Waals surface area contributed by atoms with Crippen LogP contribution in [-0.2, 0) is 14.2 Å². The summed E-state index contributed by atoms with van der Waals surface area (Å²) < 4.78 is 43.5. The monoisotopic (exact) mass is 357 g/mol. The van der Waals surface area contributed by atoms with Gasteiger partial charge >= 0.3 is 12.2 Å². The molecule has 1 atom stereocenters. The Morgan fingerprint density at radius 3 is 2.48 bits per heavy atom. The Hall–Kier alpha value is -2.62. The van der Waals surface area contributed by atoms with Crippen LogP contribution in [0.25, 0.3) is 0 Å². The summed E-state index contributed by atoms with van der Waals surface area (Å²) >= 11 is 0. The molecule has 0 unspecified atom stereocenters. The molecule has 2 amide bonds. The smallest absolute Gasteiger partial charge is 0.407 e. The highest BCUT2D eigenvalue weighted by molar-refractivity contribution is 5.90. The summed E-state index contributed by atoms with van der Waals surface area (Å²) in [6.07, 6.45) is -2.85. The van der Waals surface area contributed by atoms with Crippen molar-refractivity contribution in [2.75, 3.05) is 43.6 Å². The van der Waals surface area contributed by atoms with Crippen molar-refractivity contribution in [1.29, 1.82) is 0 Å². The van der Waals surface area contributed by atoms with E-state index >= 15 is 0 Å². The van der Waals surface area contributed by atoms with Gasteiger partial charge in [-0.15, -0.1) is 0 Å². The van der Waals surface area contributed by atoms with Crippen LogP contribution in [0, 0.1) is 11.6 Å². The van der Waals surface area contributed by atoms with Crippen LogP contribution >= 0.6 is 0 Å². The van der Waals surface area contributed by atoms with Crippen molar-refractivity contribution in [3.63, 3.8) is 0 Å². The molecule has 1 aromatic carbocycles. The Kier molecular flexibility index (Phi) is 4.62. The van der Waals surface area contributed by atoms with Gasteiger partial charge in [0.15, 0.2) is 11.6 Å². The third-order valence-electron chi connectivity index (χ3n) is 4.04. The van der Waals surface area contributed by atoms with Crippen LogP contribution in [-0.4, -0.2) is 58.4 Å². The standard InChI is InChI=1S/C15H17F2N3O5/c1-18-14(21)24-12-7-20(15(22)25-12)8-3-10(16)13(11(17)4-8)19-5-9(6-19)23-2/h3-4,9,12H,5-7H2,1-2H3,(H,18,21)/t12-/m0/s1. The molecule has 1 N–H and O–H groups in total. The molecule has 2 aliphatic heterocycles. The first-order valence-corrected chi connectivity index (χ1v) is 7.56. The van der Waals surface area contributed by atoms with Gasteiger partial charge in [-0.1, -0.05) is 0 Å². The number of methoxy groups -OCH3 is 1. The van der Waals surface area contributed by atoms with Gasteiger partial charge in [0.25, 0.3) is 6.29 Å². The number of amides is 2. The summed E-state index contributed by atoms with van der Waals surface area (Å²) in [6.45, 7) is 0.606. The van der Waals surface area contributed by atoms with Gasteiger partial charge in [0.05, 0.1) is 11.8 Å². The lowest BCUT2D eigenvalue weighted by molar-refractivity contribution is -0.0285. The van der Waals surface area contributed by atoms with Crippen molar-refractivity contribution >= 4 is 23.6 Å². The molecule has 2 saturated heterocycles. The zero-order chi connectivity index (χ0) is 18.1. The first kappa shape index (κ1) is 17.2. The van der Waals surface area contributed by atoms with E-state index in [-0.39, 0.29) is 24.0 Å². The maximum Gasteiger partial charge on any atom is 0.417 e. The molecular weight excluding hydrogens is 340 g/mol. The quantitative estimate of drug-likeness (QED) is 0.878. The number of hydrogen-bond acceptors (Lipinski definition) is 6. The fourth-order valence-corrected chi connectivity index (χ4v) is 2.67. The highest BCUT2D eigenvalue weighted by Gasteiger charge is 2.37. The number of alkyl carbamates (subject to hydrolysis) is 1. The number of ether oxygens (including phenoxy) is 3. The van der Waals surface area contributed by atoms with Gasteiger partial charge < -0.3 is 24.4 Å². The lowest BCUT2D eigenvalue weighted by atomic mass is 10.1. The summed E-state index contributed by atoms with van der Waals surface area (Å²) in [5.74, 6) is -1.60. The molecule has 2 fully saturated rings. The summed E-state index contributed by atoms with van der Waals surface area (Å²) in [5.41, 5.74) is -0.182. The van der Waals surface area contributed by atoms with Crippen LogP contribution < -0.4 is 15.1 Å². The minimum atomic E-state index is -1.16. The van der Waals surface area contributed by atoms with Crippen LogP contribution in [0.15, 0.2) is 12.1 Å². The van der Waals surface area contributed by atoms with Gasteiger partial charge in [-0.3, -0.25) is 4.90 Å². The highest BCUT2D eigenvalue weighted by atomic mass is 19.1. The van der Waals surface area contributed by atoms with Crippen molar-refractivity contribution in [1.82, 2.24) is 5.32 Å². The van der Waals surface area contributed by atoms with Crippen molar-refractivity contribution in [2.24, 2.45) is 0 Å². The highest BCUT2D eigenvalue weighted by Crippen LogP contribution is 2.33. The minimum absolute atomic E-state index is 0.0180. The molecule has 136 valence electrons. The normalized spacial score (nSPS) is 20.3. The summed E-state index contributed by atoms with van der Waals surface area (Å²) in [6, 6.07) is 2.09. The predicted octanol–water partition coefficient (Wildman–Crippen LogP) is 1.44. The molecule has 0 spiro atoms. The molecule has 2 heterocycles. The number of rotatable bonds is 4. The van der Waals surface area contributed by atoms with Crippen LogP contribution in [0.2, 0.25) is 0 Å². The molecular formula is C15H17F2N3O5. The maximum absolute atomic E-state index is 14.4. The minimum Gasteiger partial charge on any atom is -0.407 e. The number of benzene rings is 1. The van der Waals surface area contributed by atoms with Gasteiger partial charge in [-0.2, -0.15) is 0 Å². The lowest BCUT2D eigenvalue weighted by Gasteiger charge is -2.40. The molecule has 8 nitrogen and oxygen atoms in total. The van der Waals surface area contributed by atoms with E-state index < -0.39 is 30.1 Å². The Balaban J connectivity index is 1.75. The van der Waals surface area contributed by atoms with E-state index in [9.17, 15) is 18.4 Å². The number of hydrogen-bond donors (Lipinski definition) is 1. The number of carbonyl (C=O) groups is 2. The summed E-state index contributed by atoms with van der Waals surface area (Å²) in [5, 5.41) is 2.21. The average molecular weight is 357 g/mol. The molecule has 0 bridgehead atoms. The van der Waals surface area contributed by atoms with E-state index in [0.717, 1.165) is 17.0 Å². The fourth-order valence-electron chi connectivity index (χ4n) is 2.67. The lowest BCUT2D eigenvalue weighted by Crippen LogP contribution is -2.52. The van der Waals surface area contributed by atoms with E-state index in [1.807, 2.05) is 0 Å². The first-order valence-electron chi connectivity index (χ1n) is 7.56. The molecule has 2 aliphatic rings. The second-order valence-corrected chi connectivity index (χ2v) is 5.60. The molecule has 0 radical (unpaired) electrons. The van der Waals surface area contributed by atoms with Gasteiger partial charge in [0, 0.05) is 39.4 Å². The van der Waals surface area contributed by atoms with Crippen molar-refractivity contribution in [3.8, 4) is 0 Å². The Morgan fingerprint density at radius 2 is 1.92 bits per heavy atom. The van der Waals surface area contributed by atoms with Gasteiger partial charge in [0.1, 0.15) is 12.2 Å². The number of carbonyl (C=O) groups excluding carboxylic acids is 2. The summed E-state index contributed by atoms with van der Waals surface area (Å²) in [4.78, 5) is 25.5. The zero-order valence-corrected chi connectivity index (χ0v) is 13.6. The SMILES string of the molecule is CNC(=O)O[C@@H]1CN(c2cc(F)c(N3CC(OC)C3)c(F)c2)C(=O)O1. The average Bonchev–Trinajstić information content (AvgIpc) is 2.88. The molecule has 10 heteroatoms. The molecule has 25 heavy (non-hydrogen) atoms. The number of halogens is 2. The van der Waals surface area contributed by atoms with Crippen molar-refractivity contribution in [2.45, 2.75) is 12.4 Å². The van der Waals surface area contributed by atoms with Crippen LogP contribution in [0.3, 0.4) is 0 Å². The molecule has 1 aromatic rings. The first-order chi connectivity index (χ1) is 11.9. The third kappa shape index (κ3) is 3.29. The van der Waals surface area contributed by atoms with E-state index in [2.05, 4.69) is 5.32 Å². The second kappa shape index (κ2) is 6.71. The van der Waals surface area contributed by atoms with Crippen LogP contribution in [0.1, 0.15) is 0 Å². The topological polar surface area (TPSA) is 80.3 Å². The van der Waals surface area contributed by atoms with E-state index in [0.29, 0.717) is 13.1 Å². The van der Waals surface area contributed by atoms with E-state index in [1.54, 1.807) is 0 Å². The largest absolute Gasteiger partial charge is 0.417 e. The van der Waals surface area contributed by atoms with Crippen molar-refractivity contribution < 1.29 is 32.6 Å². The zero-order valence-electron chi connectivity index (χ0n) is 13.6. The molecule has 0 aromatic heterocycles. The second-order valence-electron chi connectivity index (χ2n) is 5.60. The number of nitrogens with zero attached hydrogens (tertiary/aromatic N) is 2. The molecule has 0 saturated carbocycles. The molecule has 0 aliphatic carbocycles. The third-order valence-corrected chi connectivity index (χ3v) is 4.04. The number of anilines is 2. The fraction of sp³-hybridized carbons (Fsp3) is 0.467. The maximum atomic E-state index is 14.4. The van der Waals surface area contributed by atoms with Gasteiger partial charge in [-0.05, 0) is 0 Å².